The van der Waals surface area contributed by atoms with E-state index >= 15 is 0 Å². The molecule has 0 amide bonds. The molecular weight excluding hydrogens is 675 g/mol. The smallest absolute Gasteiger partial charge is 0.221 e. The third-order valence-corrected chi connectivity index (χ3v) is 10.3. The maximum Gasteiger partial charge on any atom is 0.221 e. The first kappa shape index (κ1) is 30.9. The fourth-order valence-electron chi connectivity index (χ4n) is 7.75. The zero-order chi connectivity index (χ0) is 36.3. The van der Waals surface area contributed by atoms with Gasteiger partial charge in [-0.3, -0.25) is 13.5 Å². The van der Waals surface area contributed by atoms with Gasteiger partial charge in [-0.1, -0.05) is 146 Å². The van der Waals surface area contributed by atoms with Gasteiger partial charge >= 0.3 is 0 Å². The molecule has 0 spiro atoms. The highest BCUT2D eigenvalue weighted by Gasteiger charge is 2.25. The normalized spacial score (nSPS) is 11.6. The van der Waals surface area contributed by atoms with Crippen LogP contribution in [0.2, 0.25) is 0 Å². The molecular formula is C48H31N7. The molecule has 7 heteroatoms. The number of hydrogen-bond donors (Lipinski definition) is 0. The highest BCUT2D eigenvalue weighted by Crippen LogP contribution is 2.39. The van der Waals surface area contributed by atoms with Crippen LogP contribution in [0.3, 0.4) is 0 Å². The molecule has 0 aliphatic heterocycles. The number of imidazole rings is 2. The minimum Gasteiger partial charge on any atom is -0.294 e. The summed E-state index contributed by atoms with van der Waals surface area (Å²) in [5.74, 6) is 2.79. The molecule has 11 aromatic rings. The summed E-state index contributed by atoms with van der Waals surface area (Å²) >= 11 is 0. The van der Waals surface area contributed by atoms with Gasteiger partial charge in [0.2, 0.25) is 5.78 Å². The molecule has 0 aliphatic carbocycles. The fraction of sp³-hybridized carbons (Fsp3) is 0. The Kier molecular flexibility index (Phi) is 7.03. The lowest BCUT2D eigenvalue weighted by Gasteiger charge is -2.09. The minimum absolute atomic E-state index is 0.630. The number of rotatable bonds is 6. The lowest BCUT2D eigenvalue weighted by atomic mass is 10.0. The van der Waals surface area contributed by atoms with Gasteiger partial charge in [0.25, 0.3) is 0 Å². The number of para-hydroxylation sites is 3. The highest BCUT2D eigenvalue weighted by molar-refractivity contribution is 6.10. The second-order valence-electron chi connectivity index (χ2n) is 13.6. The fourth-order valence-corrected chi connectivity index (χ4v) is 7.75. The lowest BCUT2D eigenvalue weighted by Crippen LogP contribution is -2.00. The Labute approximate surface area is 316 Å². The van der Waals surface area contributed by atoms with Gasteiger partial charge < -0.3 is 0 Å². The molecule has 0 aliphatic rings. The molecule has 0 N–H and O–H groups in total. The molecule has 11 rings (SSSR count). The largest absolute Gasteiger partial charge is 0.294 e. The van der Waals surface area contributed by atoms with Crippen molar-refractivity contribution in [2.24, 2.45) is 0 Å². The summed E-state index contributed by atoms with van der Waals surface area (Å²) in [4.78, 5) is 20.1. The Hall–Kier alpha value is -7.64. The molecule has 7 aromatic carbocycles. The Bertz CT molecular complexity index is 3110. The molecule has 4 aromatic heterocycles. The monoisotopic (exact) mass is 705 g/mol. The summed E-state index contributed by atoms with van der Waals surface area (Å²) in [6, 6.07) is 64.9. The molecule has 258 valence electrons. The van der Waals surface area contributed by atoms with E-state index in [0.717, 1.165) is 72.7 Å². The summed E-state index contributed by atoms with van der Waals surface area (Å²) in [6.45, 7) is 0. The van der Waals surface area contributed by atoms with Crippen LogP contribution in [0, 0.1) is 0 Å². The Morgan fingerprint density at radius 1 is 0.345 bits per heavy atom. The number of benzene rings is 7. The van der Waals surface area contributed by atoms with Gasteiger partial charge in [-0.2, -0.15) is 0 Å². The van der Waals surface area contributed by atoms with Crippen LogP contribution < -0.4 is 0 Å². The van der Waals surface area contributed by atoms with Crippen molar-refractivity contribution in [3.63, 3.8) is 0 Å². The van der Waals surface area contributed by atoms with Crippen LogP contribution in [-0.2, 0) is 0 Å². The molecule has 0 atom stereocenters. The van der Waals surface area contributed by atoms with E-state index in [9.17, 15) is 0 Å². The van der Waals surface area contributed by atoms with E-state index in [1.807, 2.05) is 60.7 Å². The molecule has 0 saturated heterocycles. The molecule has 7 nitrogen and oxygen atoms in total. The number of aromatic nitrogens is 7. The van der Waals surface area contributed by atoms with E-state index < -0.39 is 0 Å². The summed E-state index contributed by atoms with van der Waals surface area (Å²) < 4.78 is 6.97. The van der Waals surface area contributed by atoms with Crippen LogP contribution in [0.15, 0.2) is 188 Å². The van der Waals surface area contributed by atoms with E-state index in [1.54, 1.807) is 0 Å². The van der Waals surface area contributed by atoms with E-state index in [-0.39, 0.29) is 0 Å². The first-order chi connectivity index (χ1) is 27.3. The molecule has 0 unspecified atom stereocenters. The van der Waals surface area contributed by atoms with Crippen LogP contribution in [0.25, 0.3) is 95.5 Å². The van der Waals surface area contributed by atoms with Crippen molar-refractivity contribution >= 4 is 38.9 Å². The van der Waals surface area contributed by atoms with Crippen molar-refractivity contribution in [2.45, 2.75) is 0 Å². The average Bonchev–Trinajstić information content (AvgIpc) is 3.90. The highest BCUT2D eigenvalue weighted by atomic mass is 15.3. The summed E-state index contributed by atoms with van der Waals surface area (Å²) in [7, 11) is 0. The molecule has 0 fully saturated rings. The van der Waals surface area contributed by atoms with Gasteiger partial charge in [0.15, 0.2) is 23.1 Å². The molecule has 55 heavy (non-hydrogen) atoms. The van der Waals surface area contributed by atoms with Crippen LogP contribution in [0.5, 0.6) is 0 Å². The summed E-state index contributed by atoms with van der Waals surface area (Å²) in [5.41, 5.74) is 12.5. The van der Waals surface area contributed by atoms with Gasteiger partial charge in [0.1, 0.15) is 5.52 Å². The van der Waals surface area contributed by atoms with Gasteiger partial charge in [0, 0.05) is 33.5 Å². The predicted octanol–water partition coefficient (Wildman–Crippen LogP) is 11.2. The van der Waals surface area contributed by atoms with Gasteiger partial charge in [-0.25, -0.2) is 19.9 Å². The summed E-state index contributed by atoms with van der Waals surface area (Å²) in [6.07, 6.45) is 0. The quantitative estimate of drug-likeness (QED) is 0.173. The topological polar surface area (TPSA) is 65.8 Å². The Morgan fingerprint density at radius 3 is 1.42 bits per heavy atom. The van der Waals surface area contributed by atoms with Crippen molar-refractivity contribution in [3.05, 3.63) is 188 Å². The molecule has 0 saturated carbocycles. The van der Waals surface area contributed by atoms with Crippen LogP contribution in [-0.4, -0.2) is 33.5 Å². The number of fused-ring (bicyclic) bond motifs is 7. The maximum atomic E-state index is 5.36. The van der Waals surface area contributed by atoms with Crippen molar-refractivity contribution in [2.75, 3.05) is 0 Å². The standard InChI is InChI=1S/C48H31N7/c1-5-15-33(16-6-1)44-50-45(34-17-7-2-8-18-34)52-46(51-44)35-27-25-32(26-28-35)36-29-30-42-40(31-36)49-48-54(38-21-11-4-12-22-38)43-39-23-13-14-24-41(39)53(47(43)55(42)48)37-19-9-3-10-20-37/h1-31H. The van der Waals surface area contributed by atoms with Crippen LogP contribution in [0.1, 0.15) is 0 Å². The SMILES string of the molecule is c1ccc(-c2nc(-c3ccccc3)nc(-c3ccc(-c4ccc5c(c4)nc4n(-c6ccccc6)c6c7ccccc7n(-c7ccccc7)c6n54)cc3)n2)cc1. The number of nitrogens with zero attached hydrogens (tertiary/aromatic N) is 7. The lowest BCUT2D eigenvalue weighted by molar-refractivity contribution is 1.07. The van der Waals surface area contributed by atoms with Gasteiger partial charge in [-0.05, 0) is 53.6 Å². The summed E-state index contributed by atoms with van der Waals surface area (Å²) in [5, 5.41) is 1.17. The number of hydrogen-bond acceptors (Lipinski definition) is 4. The first-order valence-corrected chi connectivity index (χ1v) is 18.3. The van der Waals surface area contributed by atoms with E-state index in [1.165, 1.54) is 5.39 Å². The van der Waals surface area contributed by atoms with Crippen LogP contribution in [0.4, 0.5) is 0 Å². The second-order valence-corrected chi connectivity index (χ2v) is 13.6. The molecule has 0 radical (unpaired) electrons. The van der Waals surface area contributed by atoms with Gasteiger partial charge in [-0.15, -0.1) is 0 Å². The van der Waals surface area contributed by atoms with Crippen molar-refractivity contribution < 1.29 is 0 Å². The van der Waals surface area contributed by atoms with Crippen molar-refractivity contribution in [1.29, 1.82) is 0 Å². The average molecular weight is 706 g/mol. The van der Waals surface area contributed by atoms with Crippen LogP contribution >= 0.6 is 0 Å². The van der Waals surface area contributed by atoms with E-state index in [0.29, 0.717) is 17.5 Å². The first-order valence-electron chi connectivity index (χ1n) is 18.3. The van der Waals surface area contributed by atoms with Gasteiger partial charge in [0.05, 0.1) is 16.6 Å². The molecule has 4 heterocycles. The Morgan fingerprint density at radius 2 is 0.818 bits per heavy atom. The Balaban J connectivity index is 1.06. The van der Waals surface area contributed by atoms with Crippen molar-refractivity contribution in [3.8, 4) is 56.7 Å². The third kappa shape index (κ3) is 5.05. The maximum absolute atomic E-state index is 5.36. The second kappa shape index (κ2) is 12.5. The predicted molar refractivity (Wildman–Crippen MR) is 221 cm³/mol. The van der Waals surface area contributed by atoms with E-state index in [2.05, 4.69) is 141 Å². The minimum atomic E-state index is 0.630. The third-order valence-electron chi connectivity index (χ3n) is 10.3. The van der Waals surface area contributed by atoms with Crippen molar-refractivity contribution in [1.82, 2.24) is 33.5 Å². The zero-order valence-electron chi connectivity index (χ0n) is 29.5. The molecule has 0 bridgehead atoms. The zero-order valence-corrected chi connectivity index (χ0v) is 29.5. The van der Waals surface area contributed by atoms with E-state index in [4.69, 9.17) is 19.9 Å².